The maximum atomic E-state index is 12.7. The number of aromatic nitrogens is 1. The van der Waals surface area contributed by atoms with Gasteiger partial charge in [0, 0.05) is 10.6 Å². The van der Waals surface area contributed by atoms with Crippen LogP contribution >= 0.6 is 11.6 Å². The molecule has 0 fully saturated rings. The average Bonchev–Trinajstić information content (AvgIpc) is 3.17. The highest BCUT2D eigenvalue weighted by Gasteiger charge is 2.32. The van der Waals surface area contributed by atoms with E-state index in [4.69, 9.17) is 30.3 Å². The molecule has 0 saturated heterocycles. The number of halogens is 1. The summed E-state index contributed by atoms with van der Waals surface area (Å²) < 4.78 is 21.6. The molecule has 1 N–H and O–H groups in total. The zero-order valence-electron chi connectivity index (χ0n) is 15.9. The molecule has 30 heavy (non-hydrogen) atoms. The summed E-state index contributed by atoms with van der Waals surface area (Å²) in [6.07, 6.45) is -0.931. The SMILES string of the molecule is CCOC(=O)c1c(-c2ccc(Cl)cc2)noc1NC(=O)C1COc2ccccc2O1. The predicted octanol–water partition coefficient (Wildman–Crippen LogP) is 3.95. The third kappa shape index (κ3) is 3.95. The third-order valence-electron chi connectivity index (χ3n) is 4.33. The summed E-state index contributed by atoms with van der Waals surface area (Å²) in [4.78, 5) is 25.3. The summed E-state index contributed by atoms with van der Waals surface area (Å²) >= 11 is 5.93. The molecule has 0 spiro atoms. The average molecular weight is 429 g/mol. The number of hydrogen-bond donors (Lipinski definition) is 1. The lowest BCUT2D eigenvalue weighted by molar-refractivity contribution is -0.125. The van der Waals surface area contributed by atoms with Crippen LogP contribution in [0.5, 0.6) is 11.5 Å². The molecule has 3 aromatic rings. The Morgan fingerprint density at radius 2 is 1.90 bits per heavy atom. The largest absolute Gasteiger partial charge is 0.485 e. The number of nitrogens with one attached hydrogen (secondary N) is 1. The first kappa shape index (κ1) is 19.8. The fourth-order valence-electron chi connectivity index (χ4n) is 2.91. The second-order valence-corrected chi connectivity index (χ2v) is 6.75. The molecule has 1 atom stereocenters. The van der Waals surface area contributed by atoms with E-state index in [1.54, 1.807) is 55.5 Å². The van der Waals surface area contributed by atoms with E-state index in [0.29, 0.717) is 22.1 Å². The van der Waals surface area contributed by atoms with Gasteiger partial charge in [0.15, 0.2) is 17.1 Å². The first-order valence-corrected chi connectivity index (χ1v) is 9.56. The van der Waals surface area contributed by atoms with Crippen molar-refractivity contribution in [3.63, 3.8) is 0 Å². The lowest BCUT2D eigenvalue weighted by Gasteiger charge is -2.25. The molecule has 1 amide bonds. The number of esters is 1. The van der Waals surface area contributed by atoms with Crippen molar-refractivity contribution in [1.29, 1.82) is 0 Å². The van der Waals surface area contributed by atoms with E-state index in [1.807, 2.05) is 0 Å². The van der Waals surface area contributed by atoms with Crippen molar-refractivity contribution in [2.24, 2.45) is 0 Å². The highest BCUT2D eigenvalue weighted by atomic mass is 35.5. The highest BCUT2D eigenvalue weighted by molar-refractivity contribution is 6.30. The molecule has 0 aliphatic carbocycles. The number of hydrogen-bond acceptors (Lipinski definition) is 7. The maximum Gasteiger partial charge on any atom is 0.346 e. The summed E-state index contributed by atoms with van der Waals surface area (Å²) in [5.74, 6) is -0.350. The molecule has 1 aromatic heterocycles. The molecule has 4 rings (SSSR count). The standard InChI is InChI=1S/C21H17ClN2O6/c1-2-27-21(26)17-18(12-7-9-13(22)10-8-12)24-30-20(17)23-19(25)16-11-28-14-5-3-4-6-15(14)29-16/h3-10,16H,2,11H2,1H3,(H,23,25). The van der Waals surface area contributed by atoms with Crippen LogP contribution in [0.3, 0.4) is 0 Å². The van der Waals surface area contributed by atoms with Crippen molar-refractivity contribution in [2.45, 2.75) is 13.0 Å². The smallest absolute Gasteiger partial charge is 0.346 e. The Labute approximate surface area is 176 Å². The van der Waals surface area contributed by atoms with Crippen LogP contribution in [0.2, 0.25) is 5.02 Å². The number of carbonyl (C=O) groups excluding carboxylic acids is 2. The fourth-order valence-corrected chi connectivity index (χ4v) is 3.04. The van der Waals surface area contributed by atoms with E-state index in [2.05, 4.69) is 10.5 Å². The normalized spacial score (nSPS) is 14.8. The molecule has 9 heteroatoms. The zero-order chi connectivity index (χ0) is 21.1. The van der Waals surface area contributed by atoms with E-state index in [-0.39, 0.29) is 30.4 Å². The number of para-hydroxylation sites is 2. The summed E-state index contributed by atoms with van der Waals surface area (Å²) in [7, 11) is 0. The minimum atomic E-state index is -0.931. The molecule has 0 radical (unpaired) electrons. The molecule has 1 aliphatic rings. The molecule has 8 nitrogen and oxygen atoms in total. The summed E-state index contributed by atoms with van der Waals surface area (Å²) in [5, 5.41) is 7.03. The van der Waals surface area contributed by atoms with Gasteiger partial charge in [-0.2, -0.15) is 0 Å². The number of anilines is 1. The van der Waals surface area contributed by atoms with Crippen molar-refractivity contribution in [3.8, 4) is 22.8 Å². The number of rotatable bonds is 5. The van der Waals surface area contributed by atoms with Gasteiger partial charge in [0.25, 0.3) is 5.91 Å². The summed E-state index contributed by atoms with van der Waals surface area (Å²) in [6, 6.07) is 13.7. The molecular formula is C21H17ClN2O6. The van der Waals surface area contributed by atoms with Gasteiger partial charge in [-0.1, -0.05) is 41.0 Å². The minimum Gasteiger partial charge on any atom is -0.485 e. The van der Waals surface area contributed by atoms with Gasteiger partial charge in [-0.3, -0.25) is 10.1 Å². The number of amides is 1. The first-order valence-electron chi connectivity index (χ1n) is 9.19. The van der Waals surface area contributed by atoms with Gasteiger partial charge in [-0.15, -0.1) is 0 Å². The predicted molar refractivity (Wildman–Crippen MR) is 108 cm³/mol. The molecule has 0 saturated carbocycles. The highest BCUT2D eigenvalue weighted by Crippen LogP contribution is 2.33. The Morgan fingerprint density at radius 3 is 2.63 bits per heavy atom. The van der Waals surface area contributed by atoms with Gasteiger partial charge >= 0.3 is 5.97 Å². The molecular weight excluding hydrogens is 412 g/mol. The van der Waals surface area contributed by atoms with Crippen molar-refractivity contribution in [1.82, 2.24) is 5.16 Å². The molecule has 2 aromatic carbocycles. The maximum absolute atomic E-state index is 12.7. The Hall–Kier alpha value is -3.52. The molecule has 1 unspecified atom stereocenters. The van der Waals surface area contributed by atoms with Crippen molar-refractivity contribution in [2.75, 3.05) is 18.5 Å². The fraction of sp³-hybridized carbons (Fsp3) is 0.190. The van der Waals surface area contributed by atoms with Gasteiger partial charge in [0.2, 0.25) is 12.0 Å². The monoisotopic (exact) mass is 428 g/mol. The number of ether oxygens (including phenoxy) is 3. The molecule has 0 bridgehead atoms. The zero-order valence-corrected chi connectivity index (χ0v) is 16.6. The minimum absolute atomic E-state index is 0.00431. The van der Waals surface area contributed by atoms with Crippen LogP contribution in [0, 0.1) is 0 Å². The second-order valence-electron chi connectivity index (χ2n) is 6.32. The van der Waals surface area contributed by atoms with E-state index < -0.39 is 18.0 Å². The third-order valence-corrected chi connectivity index (χ3v) is 4.58. The topological polar surface area (TPSA) is 99.9 Å². The Bertz CT molecular complexity index is 1080. The van der Waals surface area contributed by atoms with Crippen molar-refractivity contribution >= 4 is 29.4 Å². The molecule has 2 heterocycles. The lowest BCUT2D eigenvalue weighted by Crippen LogP contribution is -2.40. The van der Waals surface area contributed by atoms with Crippen LogP contribution in [0.4, 0.5) is 5.88 Å². The summed E-state index contributed by atoms with van der Waals surface area (Å²) in [6.45, 7) is 1.83. The lowest BCUT2D eigenvalue weighted by atomic mass is 10.1. The first-order chi connectivity index (χ1) is 14.6. The number of carbonyl (C=O) groups is 2. The van der Waals surface area contributed by atoms with Crippen molar-refractivity contribution in [3.05, 3.63) is 59.1 Å². The quantitative estimate of drug-likeness (QED) is 0.614. The van der Waals surface area contributed by atoms with Crippen LogP contribution in [-0.4, -0.2) is 36.4 Å². The van der Waals surface area contributed by atoms with E-state index in [1.165, 1.54) is 0 Å². The van der Waals surface area contributed by atoms with Crippen LogP contribution < -0.4 is 14.8 Å². The van der Waals surface area contributed by atoms with E-state index in [0.717, 1.165) is 0 Å². The van der Waals surface area contributed by atoms with Gasteiger partial charge in [-0.05, 0) is 31.2 Å². The van der Waals surface area contributed by atoms with E-state index >= 15 is 0 Å². The van der Waals surface area contributed by atoms with E-state index in [9.17, 15) is 9.59 Å². The summed E-state index contributed by atoms with van der Waals surface area (Å²) in [5.41, 5.74) is 0.814. The van der Waals surface area contributed by atoms with Crippen LogP contribution in [-0.2, 0) is 9.53 Å². The second kappa shape index (κ2) is 8.46. The Morgan fingerprint density at radius 1 is 1.17 bits per heavy atom. The van der Waals surface area contributed by atoms with Crippen molar-refractivity contribution < 1.29 is 28.3 Å². The number of nitrogens with zero attached hydrogens (tertiary/aromatic N) is 1. The number of benzene rings is 2. The molecule has 154 valence electrons. The van der Waals surface area contributed by atoms with Gasteiger partial charge in [0.1, 0.15) is 12.3 Å². The van der Waals surface area contributed by atoms with Crippen LogP contribution in [0.25, 0.3) is 11.3 Å². The van der Waals surface area contributed by atoms with Gasteiger partial charge < -0.3 is 18.7 Å². The van der Waals surface area contributed by atoms with Crippen LogP contribution in [0.1, 0.15) is 17.3 Å². The van der Waals surface area contributed by atoms with Crippen LogP contribution in [0.15, 0.2) is 53.1 Å². The van der Waals surface area contributed by atoms with Gasteiger partial charge in [-0.25, -0.2) is 4.79 Å². The Balaban J connectivity index is 1.60. The van der Waals surface area contributed by atoms with Gasteiger partial charge in [0.05, 0.1) is 6.61 Å². The Kier molecular flexibility index (Phi) is 5.58. The molecule has 1 aliphatic heterocycles. The number of fused-ring (bicyclic) bond motifs is 1.